The van der Waals surface area contributed by atoms with Crippen molar-refractivity contribution in [3.05, 3.63) is 91.0 Å². The van der Waals surface area contributed by atoms with Gasteiger partial charge in [0.15, 0.2) is 0 Å². The van der Waals surface area contributed by atoms with Gasteiger partial charge >= 0.3 is 7.37 Å². The van der Waals surface area contributed by atoms with Gasteiger partial charge in [-0.25, -0.2) is 0 Å². The molecule has 0 aliphatic carbocycles. The Kier molecular flexibility index (Phi) is 3.89. The summed E-state index contributed by atoms with van der Waals surface area (Å²) in [4.78, 5) is 0. The molecule has 3 aromatic carbocycles. The van der Waals surface area contributed by atoms with Gasteiger partial charge in [0.05, 0.1) is 10.6 Å². The topological polar surface area (TPSA) is 26.3 Å². The molecule has 0 amide bonds. The zero-order valence-electron chi connectivity index (χ0n) is 11.3. The summed E-state index contributed by atoms with van der Waals surface area (Å²) in [6, 6.07) is 28.6. The first-order valence-corrected chi connectivity index (χ1v) is 8.28. The Morgan fingerprint density at radius 1 is 0.714 bits per heavy atom. The largest absolute Gasteiger partial charge is 0.437 e. The Bertz CT molecular complexity index is 696. The number of hydrogen-bond acceptors (Lipinski definition) is 2. The molecule has 2 nitrogen and oxygen atoms in total. The van der Waals surface area contributed by atoms with Gasteiger partial charge < -0.3 is 4.52 Å². The Hall–Kier alpha value is -2.31. The normalized spacial score (nSPS) is 11.0. The third-order valence-electron chi connectivity index (χ3n) is 3.11. The second-order valence-corrected chi connectivity index (χ2v) is 6.87. The molecule has 3 rings (SSSR count). The van der Waals surface area contributed by atoms with Crippen LogP contribution in [0.15, 0.2) is 84.9 Å². The van der Waals surface area contributed by atoms with Gasteiger partial charge in [-0.2, -0.15) is 0 Å². The fourth-order valence-electron chi connectivity index (χ4n) is 2.08. The quantitative estimate of drug-likeness (QED) is 0.684. The zero-order chi connectivity index (χ0) is 14.5. The molecule has 0 saturated heterocycles. The lowest BCUT2D eigenvalue weighted by atomic mass is 10.3. The summed E-state index contributed by atoms with van der Waals surface area (Å²) in [6.07, 6.45) is 0. The minimum atomic E-state index is -3.16. The van der Waals surface area contributed by atoms with Crippen LogP contribution in [-0.2, 0) is 4.57 Å². The third-order valence-corrected chi connectivity index (χ3v) is 5.54. The maximum absolute atomic E-state index is 13.6. The second-order valence-electron chi connectivity index (χ2n) is 4.55. The van der Waals surface area contributed by atoms with Gasteiger partial charge in [0, 0.05) is 0 Å². The van der Waals surface area contributed by atoms with E-state index in [9.17, 15) is 4.57 Å². The van der Waals surface area contributed by atoms with Crippen LogP contribution >= 0.6 is 7.37 Å². The highest BCUT2D eigenvalue weighted by molar-refractivity contribution is 7.74. The van der Waals surface area contributed by atoms with Crippen molar-refractivity contribution < 1.29 is 9.09 Å². The molecule has 21 heavy (non-hydrogen) atoms. The molecule has 0 heterocycles. The van der Waals surface area contributed by atoms with Crippen LogP contribution in [-0.4, -0.2) is 0 Å². The molecular weight excluding hydrogens is 279 g/mol. The average Bonchev–Trinajstić information content (AvgIpc) is 2.57. The summed E-state index contributed by atoms with van der Waals surface area (Å²) >= 11 is 0. The predicted molar refractivity (Wildman–Crippen MR) is 85.7 cm³/mol. The molecule has 1 radical (unpaired) electrons. The smallest absolute Gasteiger partial charge is 0.306 e. The van der Waals surface area contributed by atoms with E-state index in [1.54, 1.807) is 24.3 Å². The molecule has 103 valence electrons. The lowest BCUT2D eigenvalue weighted by molar-refractivity contribution is 0.503. The van der Waals surface area contributed by atoms with E-state index in [0.717, 1.165) is 0 Å². The minimum Gasteiger partial charge on any atom is -0.437 e. The molecule has 0 aliphatic heterocycles. The first kappa shape index (κ1) is 13.7. The van der Waals surface area contributed by atoms with Crippen molar-refractivity contribution in [2.75, 3.05) is 0 Å². The standard InChI is InChI=1S/C18H14O2P/c19-21(17-12-6-2-7-13-17,18-14-8-3-9-15-18)20-16-10-4-1-5-11-16/h2-15H. The first-order chi connectivity index (χ1) is 10.3. The number of hydrogen-bond donors (Lipinski definition) is 0. The van der Waals surface area contributed by atoms with E-state index in [0.29, 0.717) is 16.4 Å². The van der Waals surface area contributed by atoms with Crippen LogP contribution in [0.4, 0.5) is 0 Å². The van der Waals surface area contributed by atoms with Gasteiger partial charge in [-0.15, -0.1) is 0 Å². The molecule has 0 saturated carbocycles. The van der Waals surface area contributed by atoms with Crippen molar-refractivity contribution in [3.8, 4) is 5.75 Å². The number of rotatable bonds is 4. The van der Waals surface area contributed by atoms with Crippen LogP contribution in [0.25, 0.3) is 0 Å². The second kappa shape index (κ2) is 5.99. The van der Waals surface area contributed by atoms with E-state index in [-0.39, 0.29) is 0 Å². The summed E-state index contributed by atoms with van der Waals surface area (Å²) in [5.41, 5.74) is 0. The third kappa shape index (κ3) is 2.91. The molecule has 0 N–H and O–H groups in total. The van der Waals surface area contributed by atoms with E-state index in [2.05, 4.69) is 6.07 Å². The molecule has 3 heteroatoms. The van der Waals surface area contributed by atoms with Crippen molar-refractivity contribution in [1.82, 2.24) is 0 Å². The lowest BCUT2D eigenvalue weighted by Crippen LogP contribution is -2.19. The summed E-state index contributed by atoms with van der Waals surface area (Å²) in [6.45, 7) is 0. The predicted octanol–water partition coefficient (Wildman–Crippen LogP) is 3.79. The van der Waals surface area contributed by atoms with Gasteiger partial charge in [-0.1, -0.05) is 48.5 Å². The molecular formula is C18H14O2P. The van der Waals surface area contributed by atoms with Crippen LogP contribution in [0, 0.1) is 6.07 Å². The van der Waals surface area contributed by atoms with Crippen molar-refractivity contribution in [2.24, 2.45) is 0 Å². The maximum atomic E-state index is 13.6. The Labute approximate surface area is 124 Å². The van der Waals surface area contributed by atoms with Crippen molar-refractivity contribution in [2.45, 2.75) is 0 Å². The SMILES string of the molecule is O=P(Oc1cc[c]cc1)(c1ccccc1)c1ccccc1. The highest BCUT2D eigenvalue weighted by atomic mass is 31.2. The minimum absolute atomic E-state index is 0.574. The van der Waals surface area contributed by atoms with Crippen LogP contribution < -0.4 is 15.1 Å². The van der Waals surface area contributed by atoms with Crippen LogP contribution in [0.1, 0.15) is 0 Å². The summed E-state index contributed by atoms with van der Waals surface area (Å²) in [5.74, 6) is 0.574. The first-order valence-electron chi connectivity index (χ1n) is 6.66. The zero-order valence-corrected chi connectivity index (χ0v) is 12.2. The molecule has 0 aromatic heterocycles. The van der Waals surface area contributed by atoms with Crippen LogP contribution in [0.5, 0.6) is 5.75 Å². The number of benzene rings is 3. The van der Waals surface area contributed by atoms with E-state index in [4.69, 9.17) is 4.52 Å². The Morgan fingerprint density at radius 2 is 1.19 bits per heavy atom. The monoisotopic (exact) mass is 293 g/mol. The van der Waals surface area contributed by atoms with Gasteiger partial charge in [-0.3, -0.25) is 4.57 Å². The van der Waals surface area contributed by atoms with Gasteiger partial charge in [-0.05, 0) is 42.5 Å². The Morgan fingerprint density at radius 3 is 1.67 bits per heavy atom. The van der Waals surface area contributed by atoms with Crippen molar-refractivity contribution >= 4 is 18.0 Å². The fourth-order valence-corrected chi connectivity index (χ4v) is 4.14. The molecule has 3 aromatic rings. The van der Waals surface area contributed by atoms with Crippen molar-refractivity contribution in [3.63, 3.8) is 0 Å². The van der Waals surface area contributed by atoms with Gasteiger partial charge in [0.25, 0.3) is 0 Å². The van der Waals surface area contributed by atoms with Gasteiger partial charge in [0.1, 0.15) is 5.75 Å². The van der Waals surface area contributed by atoms with Gasteiger partial charge in [0.2, 0.25) is 0 Å². The Balaban J connectivity index is 2.10. The van der Waals surface area contributed by atoms with E-state index >= 15 is 0 Å². The highest BCUT2D eigenvalue weighted by Gasteiger charge is 2.29. The van der Waals surface area contributed by atoms with Crippen LogP contribution in [0.3, 0.4) is 0 Å². The summed E-state index contributed by atoms with van der Waals surface area (Å²) in [7, 11) is -3.16. The summed E-state index contributed by atoms with van der Waals surface area (Å²) in [5, 5.41) is 1.37. The summed E-state index contributed by atoms with van der Waals surface area (Å²) < 4.78 is 19.5. The lowest BCUT2D eigenvalue weighted by Gasteiger charge is -2.20. The maximum Gasteiger partial charge on any atom is 0.306 e. The average molecular weight is 293 g/mol. The molecule has 0 atom stereocenters. The van der Waals surface area contributed by atoms with E-state index < -0.39 is 7.37 Å². The van der Waals surface area contributed by atoms with E-state index in [1.165, 1.54) is 0 Å². The molecule has 0 aliphatic rings. The molecule has 0 unspecified atom stereocenters. The molecule has 0 bridgehead atoms. The molecule has 0 spiro atoms. The van der Waals surface area contributed by atoms with Crippen LogP contribution in [0.2, 0.25) is 0 Å². The molecule has 0 fully saturated rings. The van der Waals surface area contributed by atoms with Crippen molar-refractivity contribution in [1.29, 1.82) is 0 Å². The van der Waals surface area contributed by atoms with E-state index in [1.807, 2.05) is 60.7 Å². The fraction of sp³-hybridized carbons (Fsp3) is 0. The highest BCUT2D eigenvalue weighted by Crippen LogP contribution is 2.44.